The Bertz CT molecular complexity index is 895. The normalized spacial score (nSPS) is 13.5. The summed E-state index contributed by atoms with van der Waals surface area (Å²) in [6, 6.07) is 10.5. The highest BCUT2D eigenvalue weighted by Gasteiger charge is 2.24. The average Bonchev–Trinajstić information content (AvgIpc) is 3.21. The molecule has 1 N–H and O–H groups in total. The predicted molar refractivity (Wildman–Crippen MR) is 113 cm³/mol. The van der Waals surface area contributed by atoms with Gasteiger partial charge in [0.1, 0.15) is 0 Å². The number of nitrogens with one attached hydrogen (secondary N) is 1. The van der Waals surface area contributed by atoms with Crippen LogP contribution >= 0.6 is 23.2 Å². The first-order valence-electron chi connectivity index (χ1n) is 9.22. The molecule has 5 nitrogen and oxygen atoms in total. The molecule has 0 unspecified atom stereocenters. The molecule has 1 aliphatic rings. The number of hydrogen-bond acceptors (Lipinski definition) is 2. The van der Waals surface area contributed by atoms with Gasteiger partial charge in [-0.1, -0.05) is 47.5 Å². The summed E-state index contributed by atoms with van der Waals surface area (Å²) in [6.45, 7) is 3.69. The zero-order valence-corrected chi connectivity index (χ0v) is 17.5. The van der Waals surface area contributed by atoms with Gasteiger partial charge in [0.05, 0.1) is 21.3 Å². The van der Waals surface area contributed by atoms with Gasteiger partial charge in [-0.25, -0.2) is 4.79 Å². The van der Waals surface area contributed by atoms with Gasteiger partial charge >= 0.3 is 6.03 Å². The third-order valence-corrected chi connectivity index (χ3v) is 5.77. The van der Waals surface area contributed by atoms with Crippen molar-refractivity contribution < 1.29 is 9.59 Å². The average molecular weight is 420 g/mol. The zero-order valence-electron chi connectivity index (χ0n) is 16.0. The van der Waals surface area contributed by atoms with Crippen LogP contribution in [0.25, 0.3) is 0 Å². The molecule has 148 valence electrons. The SMILES string of the molecule is Cc1cccc(C(=O)N2CCCC2)c1NC(=O)N(C)Cc1cccc(Cl)c1Cl. The third kappa shape index (κ3) is 4.42. The highest BCUT2D eigenvalue weighted by atomic mass is 35.5. The monoisotopic (exact) mass is 419 g/mol. The van der Waals surface area contributed by atoms with Crippen LogP contribution in [0.15, 0.2) is 36.4 Å². The molecule has 1 saturated heterocycles. The standard InChI is InChI=1S/C21H23Cl2N3O2/c1-14-7-5-9-16(20(27)26-11-3-4-12-26)19(14)24-21(28)25(2)13-15-8-6-10-17(22)18(15)23/h5-10H,3-4,11-13H2,1-2H3,(H,24,28). The number of halogens is 2. The summed E-state index contributed by atoms with van der Waals surface area (Å²) in [4.78, 5) is 29.0. The number of aryl methyl sites for hydroxylation is 1. The Kier molecular flexibility index (Phi) is 6.47. The van der Waals surface area contributed by atoms with Crippen molar-refractivity contribution in [3.63, 3.8) is 0 Å². The molecule has 0 aliphatic carbocycles. The van der Waals surface area contributed by atoms with Crippen LogP contribution < -0.4 is 5.32 Å². The van der Waals surface area contributed by atoms with Crippen LogP contribution in [0.1, 0.15) is 34.3 Å². The van der Waals surface area contributed by atoms with Crippen molar-refractivity contribution >= 4 is 40.8 Å². The van der Waals surface area contributed by atoms with E-state index in [9.17, 15) is 9.59 Å². The fraction of sp³-hybridized carbons (Fsp3) is 0.333. The van der Waals surface area contributed by atoms with Crippen LogP contribution in [0.2, 0.25) is 10.0 Å². The summed E-state index contributed by atoms with van der Waals surface area (Å²) < 4.78 is 0. The van der Waals surface area contributed by atoms with Crippen LogP contribution in [0.5, 0.6) is 0 Å². The second kappa shape index (κ2) is 8.84. The lowest BCUT2D eigenvalue weighted by Gasteiger charge is -2.22. The molecule has 1 aliphatic heterocycles. The van der Waals surface area contributed by atoms with Crippen molar-refractivity contribution in [1.29, 1.82) is 0 Å². The first-order chi connectivity index (χ1) is 13.4. The minimum atomic E-state index is -0.319. The number of carbonyl (C=O) groups excluding carboxylic acids is 2. The van der Waals surface area contributed by atoms with Crippen LogP contribution in [0.3, 0.4) is 0 Å². The van der Waals surface area contributed by atoms with Crippen molar-refractivity contribution in [2.45, 2.75) is 26.3 Å². The lowest BCUT2D eigenvalue weighted by molar-refractivity contribution is 0.0793. The maximum absolute atomic E-state index is 12.9. The second-order valence-electron chi connectivity index (χ2n) is 7.00. The van der Waals surface area contributed by atoms with E-state index in [1.54, 1.807) is 25.2 Å². The third-order valence-electron chi connectivity index (χ3n) is 4.91. The number of nitrogens with zero attached hydrogens (tertiary/aromatic N) is 2. The zero-order chi connectivity index (χ0) is 20.3. The Balaban J connectivity index is 1.78. The molecular formula is C21H23Cl2N3O2. The van der Waals surface area contributed by atoms with Crippen LogP contribution in [0, 0.1) is 6.92 Å². The van der Waals surface area contributed by atoms with E-state index in [-0.39, 0.29) is 11.9 Å². The number of likely N-dealkylation sites (tertiary alicyclic amines) is 1. The molecule has 3 rings (SSSR count). The van der Waals surface area contributed by atoms with Crippen molar-refractivity contribution in [3.8, 4) is 0 Å². The maximum atomic E-state index is 12.9. The van der Waals surface area contributed by atoms with Gasteiger partial charge in [-0.15, -0.1) is 0 Å². The first-order valence-corrected chi connectivity index (χ1v) is 9.98. The molecule has 3 amide bonds. The number of benzene rings is 2. The summed E-state index contributed by atoms with van der Waals surface area (Å²) in [6.07, 6.45) is 2.03. The minimum absolute atomic E-state index is 0.0444. The van der Waals surface area contributed by atoms with E-state index in [1.807, 2.05) is 30.0 Å². The highest BCUT2D eigenvalue weighted by molar-refractivity contribution is 6.42. The smallest absolute Gasteiger partial charge is 0.321 e. The molecule has 0 aromatic heterocycles. The molecule has 2 aromatic rings. The molecule has 2 aromatic carbocycles. The Morgan fingerprint density at radius 1 is 1.11 bits per heavy atom. The van der Waals surface area contributed by atoms with Crippen molar-refractivity contribution in [2.75, 3.05) is 25.5 Å². The summed E-state index contributed by atoms with van der Waals surface area (Å²) in [5.41, 5.74) is 2.66. The largest absolute Gasteiger partial charge is 0.339 e. The van der Waals surface area contributed by atoms with Crippen LogP contribution in [-0.2, 0) is 6.54 Å². The Morgan fingerprint density at radius 3 is 2.50 bits per heavy atom. The first kappa shape index (κ1) is 20.5. The van der Waals surface area contributed by atoms with Gasteiger partial charge in [0, 0.05) is 26.7 Å². The summed E-state index contributed by atoms with van der Waals surface area (Å²) >= 11 is 12.3. The maximum Gasteiger partial charge on any atom is 0.321 e. The predicted octanol–water partition coefficient (Wildman–Crippen LogP) is 5.20. The number of amides is 3. The fourth-order valence-corrected chi connectivity index (χ4v) is 3.68. The topological polar surface area (TPSA) is 52.7 Å². The van der Waals surface area contributed by atoms with Gasteiger partial charge in [0.25, 0.3) is 5.91 Å². The van der Waals surface area contributed by atoms with Crippen molar-refractivity contribution in [2.24, 2.45) is 0 Å². The van der Waals surface area contributed by atoms with Gasteiger partial charge in [-0.3, -0.25) is 4.79 Å². The number of para-hydroxylation sites is 1. The molecule has 0 spiro atoms. The lowest BCUT2D eigenvalue weighted by atomic mass is 10.1. The van der Waals surface area contributed by atoms with Crippen LogP contribution in [0.4, 0.5) is 10.5 Å². The van der Waals surface area contributed by atoms with Gasteiger partial charge in [0.2, 0.25) is 0 Å². The second-order valence-corrected chi connectivity index (χ2v) is 7.78. The number of rotatable bonds is 4. The fourth-order valence-electron chi connectivity index (χ4n) is 3.30. The van der Waals surface area contributed by atoms with Gasteiger partial charge in [-0.2, -0.15) is 0 Å². The van der Waals surface area contributed by atoms with Gasteiger partial charge in [0.15, 0.2) is 0 Å². The van der Waals surface area contributed by atoms with E-state index in [4.69, 9.17) is 23.2 Å². The molecule has 0 bridgehead atoms. The number of carbonyl (C=O) groups is 2. The molecule has 7 heteroatoms. The van der Waals surface area contributed by atoms with Crippen molar-refractivity contribution in [3.05, 3.63) is 63.1 Å². The van der Waals surface area contributed by atoms with E-state index >= 15 is 0 Å². The molecule has 1 fully saturated rings. The number of hydrogen-bond donors (Lipinski definition) is 1. The van der Waals surface area contributed by atoms with E-state index in [0.717, 1.165) is 37.1 Å². The number of urea groups is 1. The Morgan fingerprint density at radius 2 is 1.79 bits per heavy atom. The van der Waals surface area contributed by atoms with Crippen molar-refractivity contribution in [1.82, 2.24) is 9.80 Å². The van der Waals surface area contributed by atoms with E-state index in [1.165, 1.54) is 4.90 Å². The Hall–Kier alpha value is -2.24. The summed E-state index contributed by atoms with van der Waals surface area (Å²) in [5, 5.41) is 3.78. The molecule has 0 radical (unpaired) electrons. The van der Waals surface area contributed by atoms with Crippen LogP contribution in [-0.4, -0.2) is 41.9 Å². The molecule has 0 atom stereocenters. The molecule has 1 heterocycles. The summed E-state index contributed by atoms with van der Waals surface area (Å²) in [5.74, 6) is -0.0444. The molecule has 28 heavy (non-hydrogen) atoms. The quantitative estimate of drug-likeness (QED) is 0.739. The van der Waals surface area contributed by atoms with Gasteiger partial charge < -0.3 is 15.1 Å². The minimum Gasteiger partial charge on any atom is -0.339 e. The lowest BCUT2D eigenvalue weighted by Crippen LogP contribution is -2.33. The van der Waals surface area contributed by atoms with Gasteiger partial charge in [-0.05, 0) is 43.0 Å². The molecular weight excluding hydrogens is 397 g/mol. The molecule has 0 saturated carbocycles. The highest BCUT2D eigenvalue weighted by Crippen LogP contribution is 2.27. The number of anilines is 1. The van der Waals surface area contributed by atoms with E-state index < -0.39 is 0 Å². The van der Waals surface area contributed by atoms with E-state index in [2.05, 4.69) is 5.32 Å². The van der Waals surface area contributed by atoms with E-state index in [0.29, 0.717) is 27.8 Å². The summed E-state index contributed by atoms with van der Waals surface area (Å²) in [7, 11) is 1.67. The Labute approximate surface area is 175 Å².